The molecular weight excluding hydrogens is 288 g/mol. The van der Waals surface area contributed by atoms with Crippen molar-refractivity contribution in [2.75, 3.05) is 6.54 Å². The summed E-state index contributed by atoms with van der Waals surface area (Å²) in [5.41, 5.74) is -0.832. The average molecular weight is 301 g/mol. The molecule has 1 aromatic heterocycles. The van der Waals surface area contributed by atoms with E-state index in [9.17, 15) is 19.7 Å². The van der Waals surface area contributed by atoms with Crippen molar-refractivity contribution in [2.24, 2.45) is 0 Å². The molecule has 0 fully saturated rings. The third-order valence-electron chi connectivity index (χ3n) is 2.40. The predicted octanol–water partition coefficient (Wildman–Crippen LogP) is 0.898. The lowest BCUT2D eigenvalue weighted by Crippen LogP contribution is -2.44. The summed E-state index contributed by atoms with van der Waals surface area (Å²) in [5.74, 6) is -1.15. The van der Waals surface area contributed by atoms with Crippen LogP contribution in [0.1, 0.15) is 24.2 Å². The molecule has 1 heterocycles. The van der Waals surface area contributed by atoms with Crippen LogP contribution in [-0.2, 0) is 4.79 Å². The molecule has 0 aromatic carbocycles. The van der Waals surface area contributed by atoms with Crippen LogP contribution in [0, 0.1) is 10.1 Å². The van der Waals surface area contributed by atoms with E-state index in [1.54, 1.807) is 6.92 Å². The van der Waals surface area contributed by atoms with E-state index in [2.05, 4.69) is 15.6 Å². The van der Waals surface area contributed by atoms with Crippen LogP contribution in [0.4, 0.5) is 5.69 Å². The van der Waals surface area contributed by atoms with Gasteiger partial charge < -0.3 is 10.6 Å². The van der Waals surface area contributed by atoms with Gasteiger partial charge in [-0.1, -0.05) is 11.6 Å². The van der Waals surface area contributed by atoms with Crippen LogP contribution >= 0.6 is 11.6 Å². The third-order valence-corrected chi connectivity index (χ3v) is 2.68. The van der Waals surface area contributed by atoms with Gasteiger partial charge in [0.15, 0.2) is 0 Å². The van der Waals surface area contributed by atoms with Crippen molar-refractivity contribution in [3.8, 4) is 0 Å². The second kappa shape index (κ2) is 6.80. The zero-order valence-electron chi connectivity index (χ0n) is 10.8. The Morgan fingerprint density at radius 3 is 2.75 bits per heavy atom. The molecular formula is C11H13ClN4O4. The van der Waals surface area contributed by atoms with Crippen LogP contribution < -0.4 is 10.6 Å². The molecule has 1 rings (SSSR count). The number of nitrogens with one attached hydrogen (secondary N) is 2. The molecule has 0 bridgehead atoms. The molecule has 0 aliphatic rings. The molecule has 1 unspecified atom stereocenters. The van der Waals surface area contributed by atoms with E-state index in [1.165, 1.54) is 19.2 Å². The highest BCUT2D eigenvalue weighted by Gasteiger charge is 2.26. The summed E-state index contributed by atoms with van der Waals surface area (Å²) in [6.07, 6.45) is 1.18. The van der Waals surface area contributed by atoms with E-state index in [-0.39, 0.29) is 16.6 Å². The van der Waals surface area contributed by atoms with E-state index in [0.29, 0.717) is 6.54 Å². The van der Waals surface area contributed by atoms with Crippen molar-refractivity contribution in [3.05, 3.63) is 33.1 Å². The Bertz CT molecular complexity index is 549. The number of nitro groups is 1. The van der Waals surface area contributed by atoms with E-state index < -0.39 is 22.6 Å². The first kappa shape index (κ1) is 15.8. The van der Waals surface area contributed by atoms with E-state index >= 15 is 0 Å². The highest BCUT2D eigenvalue weighted by Crippen LogP contribution is 2.25. The van der Waals surface area contributed by atoms with Crippen LogP contribution in [-0.4, -0.2) is 34.3 Å². The predicted molar refractivity (Wildman–Crippen MR) is 71.5 cm³/mol. The number of aromatic nitrogens is 1. The number of rotatable bonds is 5. The molecule has 0 aliphatic heterocycles. The molecule has 9 heteroatoms. The van der Waals surface area contributed by atoms with Gasteiger partial charge in [0.1, 0.15) is 11.6 Å². The highest BCUT2D eigenvalue weighted by atomic mass is 35.5. The van der Waals surface area contributed by atoms with Crippen LogP contribution in [0.15, 0.2) is 12.3 Å². The fraction of sp³-hybridized carbons (Fsp3) is 0.364. The van der Waals surface area contributed by atoms with Crippen molar-refractivity contribution in [1.82, 2.24) is 15.6 Å². The van der Waals surface area contributed by atoms with Crippen molar-refractivity contribution in [1.29, 1.82) is 0 Å². The summed E-state index contributed by atoms with van der Waals surface area (Å²) in [6.45, 7) is 3.62. The maximum absolute atomic E-state index is 12.0. The maximum Gasteiger partial charge on any atom is 0.319 e. The Morgan fingerprint density at radius 1 is 1.55 bits per heavy atom. The first-order valence-corrected chi connectivity index (χ1v) is 6.13. The summed E-state index contributed by atoms with van der Waals surface area (Å²) in [7, 11) is 0. The smallest absolute Gasteiger partial charge is 0.319 e. The zero-order chi connectivity index (χ0) is 15.3. The fourth-order valence-corrected chi connectivity index (χ4v) is 1.68. The number of likely N-dealkylation sites (N-methyl/N-ethyl adjacent to an activating group) is 1. The molecule has 1 atom stereocenters. The molecule has 0 radical (unpaired) electrons. The van der Waals surface area contributed by atoms with Crippen LogP contribution in [0.3, 0.4) is 0 Å². The summed E-state index contributed by atoms with van der Waals surface area (Å²) in [5, 5.41) is 15.4. The summed E-state index contributed by atoms with van der Waals surface area (Å²) in [6, 6.07) is 0.345. The van der Waals surface area contributed by atoms with Crippen molar-refractivity contribution in [2.45, 2.75) is 19.9 Å². The third kappa shape index (κ3) is 3.64. The number of hydrogen-bond donors (Lipinski definition) is 2. The SMILES string of the molecule is CCNC(=O)C(C)NC(=O)c1ccnc(Cl)c1[N+](=O)[O-]. The van der Waals surface area contributed by atoms with Gasteiger partial charge in [0.05, 0.1) is 4.92 Å². The van der Waals surface area contributed by atoms with Gasteiger partial charge >= 0.3 is 5.69 Å². The Balaban J connectivity index is 2.96. The minimum absolute atomic E-state index is 0.244. The van der Waals surface area contributed by atoms with Gasteiger partial charge in [0, 0.05) is 12.7 Å². The van der Waals surface area contributed by atoms with Gasteiger partial charge in [-0.25, -0.2) is 4.98 Å². The Labute approximate surface area is 119 Å². The molecule has 108 valence electrons. The van der Waals surface area contributed by atoms with Gasteiger partial charge in [-0.2, -0.15) is 0 Å². The molecule has 0 saturated carbocycles. The second-order valence-corrected chi connectivity index (χ2v) is 4.20. The van der Waals surface area contributed by atoms with Gasteiger partial charge in [0.2, 0.25) is 11.1 Å². The van der Waals surface area contributed by atoms with Crippen molar-refractivity contribution in [3.63, 3.8) is 0 Å². The molecule has 1 aromatic rings. The molecule has 20 heavy (non-hydrogen) atoms. The quantitative estimate of drug-likeness (QED) is 0.476. The first-order valence-electron chi connectivity index (χ1n) is 5.76. The van der Waals surface area contributed by atoms with E-state index in [4.69, 9.17) is 11.6 Å². The Morgan fingerprint density at radius 2 is 2.20 bits per heavy atom. The lowest BCUT2D eigenvalue weighted by molar-refractivity contribution is -0.385. The van der Waals surface area contributed by atoms with Gasteiger partial charge in [-0.15, -0.1) is 0 Å². The fourth-order valence-electron chi connectivity index (χ4n) is 1.45. The summed E-state index contributed by atoms with van der Waals surface area (Å²) < 4.78 is 0. The molecule has 2 N–H and O–H groups in total. The monoisotopic (exact) mass is 300 g/mol. The average Bonchev–Trinajstić information content (AvgIpc) is 2.37. The zero-order valence-corrected chi connectivity index (χ0v) is 11.6. The van der Waals surface area contributed by atoms with Crippen LogP contribution in [0.25, 0.3) is 0 Å². The highest BCUT2D eigenvalue weighted by molar-refractivity contribution is 6.32. The standard InChI is InChI=1S/C11H13ClN4O4/c1-3-13-10(17)6(2)15-11(18)7-4-5-14-9(12)8(7)16(19)20/h4-6H,3H2,1-2H3,(H,13,17)(H,15,18). The largest absolute Gasteiger partial charge is 0.355 e. The summed E-state index contributed by atoms with van der Waals surface area (Å²) >= 11 is 5.61. The minimum atomic E-state index is -0.825. The Hall–Kier alpha value is -2.22. The topological polar surface area (TPSA) is 114 Å². The maximum atomic E-state index is 12.0. The van der Waals surface area contributed by atoms with E-state index in [0.717, 1.165) is 0 Å². The lowest BCUT2D eigenvalue weighted by atomic mass is 10.2. The number of amides is 2. The second-order valence-electron chi connectivity index (χ2n) is 3.84. The first-order chi connectivity index (χ1) is 9.38. The molecule has 2 amide bonds. The molecule has 8 nitrogen and oxygen atoms in total. The van der Waals surface area contributed by atoms with Gasteiger partial charge in [-0.3, -0.25) is 19.7 Å². The molecule has 0 aliphatic carbocycles. The molecule has 0 saturated heterocycles. The van der Waals surface area contributed by atoms with Gasteiger partial charge in [0.25, 0.3) is 5.91 Å². The minimum Gasteiger partial charge on any atom is -0.355 e. The van der Waals surface area contributed by atoms with Crippen molar-refractivity contribution >= 4 is 29.1 Å². The van der Waals surface area contributed by atoms with Gasteiger partial charge in [-0.05, 0) is 19.9 Å². The number of pyridine rings is 1. The number of carbonyl (C=O) groups excluding carboxylic acids is 2. The van der Waals surface area contributed by atoms with Crippen LogP contribution in [0.5, 0.6) is 0 Å². The Kier molecular flexibility index (Phi) is 5.39. The van der Waals surface area contributed by atoms with Crippen molar-refractivity contribution < 1.29 is 14.5 Å². The van der Waals surface area contributed by atoms with Crippen LogP contribution in [0.2, 0.25) is 5.15 Å². The number of halogens is 1. The van der Waals surface area contributed by atoms with E-state index in [1.807, 2.05) is 0 Å². The number of nitrogens with zero attached hydrogens (tertiary/aromatic N) is 2. The number of carbonyl (C=O) groups is 2. The normalized spacial score (nSPS) is 11.6. The lowest BCUT2D eigenvalue weighted by Gasteiger charge is -2.13. The summed E-state index contributed by atoms with van der Waals surface area (Å²) in [4.78, 5) is 37.1. The molecule has 0 spiro atoms. The number of hydrogen-bond acceptors (Lipinski definition) is 5.